The van der Waals surface area contributed by atoms with Crippen molar-refractivity contribution in [1.29, 1.82) is 0 Å². The molecule has 1 amide bonds. The van der Waals surface area contributed by atoms with Crippen LogP contribution in [0, 0.1) is 0 Å². The smallest absolute Gasteiger partial charge is 0.224 e. The fourth-order valence-electron chi connectivity index (χ4n) is 3.70. The molecule has 0 aliphatic carbocycles. The zero-order valence-electron chi connectivity index (χ0n) is 15.6. The van der Waals surface area contributed by atoms with Gasteiger partial charge in [0.15, 0.2) is 0 Å². The number of likely N-dealkylation sites (tertiary alicyclic amines) is 1. The number of amides is 1. The summed E-state index contributed by atoms with van der Waals surface area (Å²) in [6, 6.07) is 9.24. The molecule has 1 aromatic carbocycles. The summed E-state index contributed by atoms with van der Waals surface area (Å²) in [4.78, 5) is 14.8. The van der Waals surface area contributed by atoms with Crippen molar-refractivity contribution in [3.63, 3.8) is 0 Å². The van der Waals surface area contributed by atoms with Crippen LogP contribution in [0.1, 0.15) is 57.2 Å². The van der Waals surface area contributed by atoms with Crippen molar-refractivity contribution in [2.75, 3.05) is 26.3 Å². The van der Waals surface area contributed by atoms with E-state index in [1.54, 1.807) is 0 Å². The van der Waals surface area contributed by atoms with Gasteiger partial charge in [-0.3, -0.25) is 4.79 Å². The topological polar surface area (TPSA) is 41.6 Å². The Hall–Kier alpha value is -1.10. The van der Waals surface area contributed by atoms with Crippen LogP contribution in [0.4, 0.5) is 0 Å². The average molecular weight is 367 g/mol. The zero-order chi connectivity index (χ0) is 17.2. The van der Waals surface area contributed by atoms with Crippen LogP contribution in [-0.2, 0) is 14.9 Å². The van der Waals surface area contributed by atoms with Crippen molar-refractivity contribution in [2.24, 2.45) is 0 Å². The normalized spacial score (nSPS) is 24.0. The van der Waals surface area contributed by atoms with E-state index in [0.717, 1.165) is 32.5 Å². The number of carbonyl (C=O) groups excluding carboxylic acids is 1. The third-order valence-electron chi connectivity index (χ3n) is 5.15. The molecule has 1 aromatic rings. The molecule has 2 unspecified atom stereocenters. The Kier molecular flexibility index (Phi) is 6.89. The second-order valence-electron chi connectivity index (χ2n) is 8.05. The van der Waals surface area contributed by atoms with Gasteiger partial charge in [-0.05, 0) is 29.4 Å². The van der Waals surface area contributed by atoms with Gasteiger partial charge in [-0.25, -0.2) is 0 Å². The summed E-state index contributed by atoms with van der Waals surface area (Å²) in [6.45, 7) is 9.79. The number of benzene rings is 1. The maximum Gasteiger partial charge on any atom is 0.224 e. The van der Waals surface area contributed by atoms with Gasteiger partial charge in [-0.15, -0.1) is 12.4 Å². The number of nitrogens with one attached hydrogen (secondary N) is 1. The zero-order valence-corrected chi connectivity index (χ0v) is 16.4. The predicted molar refractivity (Wildman–Crippen MR) is 103 cm³/mol. The van der Waals surface area contributed by atoms with Gasteiger partial charge in [0, 0.05) is 25.6 Å². The van der Waals surface area contributed by atoms with Gasteiger partial charge in [0.25, 0.3) is 0 Å². The van der Waals surface area contributed by atoms with Crippen LogP contribution < -0.4 is 5.32 Å². The number of morpholine rings is 1. The largest absolute Gasteiger partial charge is 0.378 e. The molecule has 5 heteroatoms. The van der Waals surface area contributed by atoms with Crippen molar-refractivity contribution >= 4 is 18.3 Å². The fourth-order valence-corrected chi connectivity index (χ4v) is 3.70. The maximum atomic E-state index is 12.8. The number of hydrogen-bond acceptors (Lipinski definition) is 3. The molecule has 2 atom stereocenters. The molecule has 2 fully saturated rings. The van der Waals surface area contributed by atoms with Crippen LogP contribution in [-0.4, -0.2) is 43.2 Å². The first kappa shape index (κ1) is 20.2. The molecule has 0 spiro atoms. The van der Waals surface area contributed by atoms with Crippen molar-refractivity contribution in [3.05, 3.63) is 35.4 Å². The van der Waals surface area contributed by atoms with Crippen LogP contribution in [0.25, 0.3) is 0 Å². The molecule has 0 radical (unpaired) electrons. The van der Waals surface area contributed by atoms with Gasteiger partial charge in [-0.1, -0.05) is 45.0 Å². The van der Waals surface area contributed by atoms with Crippen LogP contribution >= 0.6 is 12.4 Å². The lowest BCUT2D eigenvalue weighted by molar-refractivity contribution is -0.133. The second-order valence-corrected chi connectivity index (χ2v) is 8.05. The Labute approximate surface area is 157 Å². The number of halogens is 1. The van der Waals surface area contributed by atoms with Crippen LogP contribution in [0.2, 0.25) is 0 Å². The lowest BCUT2D eigenvalue weighted by atomic mass is 9.86. The SMILES string of the molecule is CC(C)(C)c1ccc(C2CCCN2C(=O)CC2COCCN2)cc1.Cl. The van der Waals surface area contributed by atoms with Crippen molar-refractivity contribution < 1.29 is 9.53 Å². The minimum absolute atomic E-state index is 0. The van der Waals surface area contributed by atoms with Gasteiger partial charge in [0.2, 0.25) is 5.91 Å². The standard InChI is InChI=1S/C20H30N2O2.ClH/c1-20(2,3)16-8-6-15(7-9-16)18-5-4-11-22(18)19(23)13-17-14-24-12-10-21-17;/h6-9,17-18,21H,4-5,10-14H2,1-3H3;1H. The molecule has 3 rings (SSSR count). The highest BCUT2D eigenvalue weighted by molar-refractivity contribution is 5.85. The summed E-state index contributed by atoms with van der Waals surface area (Å²) in [5, 5.41) is 3.38. The van der Waals surface area contributed by atoms with E-state index in [1.165, 1.54) is 11.1 Å². The lowest BCUT2D eigenvalue weighted by Crippen LogP contribution is -2.45. The van der Waals surface area contributed by atoms with E-state index in [2.05, 4.69) is 55.3 Å². The highest BCUT2D eigenvalue weighted by Gasteiger charge is 2.31. The third kappa shape index (κ3) is 4.96. The summed E-state index contributed by atoms with van der Waals surface area (Å²) in [5.41, 5.74) is 2.77. The summed E-state index contributed by atoms with van der Waals surface area (Å²) >= 11 is 0. The van der Waals surface area contributed by atoms with Gasteiger partial charge in [-0.2, -0.15) is 0 Å². The van der Waals surface area contributed by atoms with Crippen LogP contribution in [0.5, 0.6) is 0 Å². The number of hydrogen-bond donors (Lipinski definition) is 1. The van der Waals surface area contributed by atoms with E-state index in [9.17, 15) is 4.79 Å². The van der Waals surface area contributed by atoms with Gasteiger partial charge in [0.05, 0.1) is 19.3 Å². The summed E-state index contributed by atoms with van der Waals surface area (Å²) in [6.07, 6.45) is 2.69. The van der Waals surface area contributed by atoms with E-state index in [1.807, 2.05) is 0 Å². The number of rotatable bonds is 3. The fraction of sp³-hybridized carbons (Fsp3) is 0.650. The van der Waals surface area contributed by atoms with E-state index in [-0.39, 0.29) is 35.8 Å². The van der Waals surface area contributed by atoms with Gasteiger partial charge < -0.3 is 15.0 Å². The predicted octanol–water partition coefficient (Wildman–Crippen LogP) is 3.45. The summed E-state index contributed by atoms with van der Waals surface area (Å²) in [7, 11) is 0. The molecule has 2 saturated heterocycles. The van der Waals surface area contributed by atoms with Crippen molar-refractivity contribution in [2.45, 2.75) is 57.5 Å². The second kappa shape index (κ2) is 8.52. The van der Waals surface area contributed by atoms with Crippen LogP contribution in [0.15, 0.2) is 24.3 Å². The summed E-state index contributed by atoms with van der Waals surface area (Å²) < 4.78 is 5.47. The molecular formula is C20H31ClN2O2. The molecule has 4 nitrogen and oxygen atoms in total. The molecule has 0 bridgehead atoms. The van der Waals surface area contributed by atoms with Gasteiger partial charge >= 0.3 is 0 Å². The average Bonchev–Trinajstić information content (AvgIpc) is 3.05. The van der Waals surface area contributed by atoms with E-state index >= 15 is 0 Å². The molecule has 1 N–H and O–H groups in total. The summed E-state index contributed by atoms with van der Waals surface area (Å²) in [5.74, 6) is 0.250. The minimum Gasteiger partial charge on any atom is -0.378 e. The molecular weight excluding hydrogens is 336 g/mol. The Morgan fingerprint density at radius 2 is 2.00 bits per heavy atom. The Bertz CT molecular complexity index is 562. The minimum atomic E-state index is 0. The maximum absolute atomic E-state index is 12.8. The van der Waals surface area contributed by atoms with E-state index < -0.39 is 0 Å². The molecule has 0 saturated carbocycles. The molecule has 25 heavy (non-hydrogen) atoms. The van der Waals surface area contributed by atoms with Crippen molar-refractivity contribution in [1.82, 2.24) is 10.2 Å². The number of nitrogens with zero attached hydrogens (tertiary/aromatic N) is 1. The number of ether oxygens (including phenoxy) is 1. The molecule has 2 aliphatic heterocycles. The molecule has 0 aromatic heterocycles. The Morgan fingerprint density at radius 3 is 2.60 bits per heavy atom. The molecule has 140 valence electrons. The molecule has 2 heterocycles. The van der Waals surface area contributed by atoms with Crippen molar-refractivity contribution in [3.8, 4) is 0 Å². The highest BCUT2D eigenvalue weighted by Crippen LogP contribution is 2.34. The Balaban J connectivity index is 0.00000225. The first-order chi connectivity index (χ1) is 11.4. The monoisotopic (exact) mass is 366 g/mol. The quantitative estimate of drug-likeness (QED) is 0.890. The molecule has 2 aliphatic rings. The van der Waals surface area contributed by atoms with Gasteiger partial charge in [0.1, 0.15) is 0 Å². The lowest BCUT2D eigenvalue weighted by Gasteiger charge is -2.29. The third-order valence-corrected chi connectivity index (χ3v) is 5.15. The first-order valence-corrected chi connectivity index (χ1v) is 9.16. The van der Waals surface area contributed by atoms with E-state index in [0.29, 0.717) is 13.0 Å². The van der Waals surface area contributed by atoms with Crippen LogP contribution in [0.3, 0.4) is 0 Å². The first-order valence-electron chi connectivity index (χ1n) is 9.16. The number of carbonyl (C=O) groups is 1. The van der Waals surface area contributed by atoms with E-state index in [4.69, 9.17) is 4.74 Å². The highest BCUT2D eigenvalue weighted by atomic mass is 35.5. The Morgan fingerprint density at radius 1 is 1.28 bits per heavy atom.